The molecule has 0 radical (unpaired) electrons. The summed E-state index contributed by atoms with van der Waals surface area (Å²) in [5.74, 6) is -0.145. The number of para-hydroxylation sites is 1. The first-order chi connectivity index (χ1) is 16.3. The number of nitrogens with one attached hydrogen (secondary N) is 1. The highest BCUT2D eigenvalue weighted by Crippen LogP contribution is 2.24. The van der Waals surface area contributed by atoms with Crippen LogP contribution in [0, 0.1) is 0 Å². The lowest BCUT2D eigenvalue weighted by atomic mass is 10.1. The number of nitrogens with zero attached hydrogens (tertiary/aromatic N) is 3. The molecule has 0 aliphatic carbocycles. The van der Waals surface area contributed by atoms with Crippen molar-refractivity contribution in [3.8, 4) is 16.9 Å². The zero-order chi connectivity index (χ0) is 22.5. The summed E-state index contributed by atoms with van der Waals surface area (Å²) in [4.78, 5) is 15.5. The molecule has 33 heavy (non-hydrogen) atoms. The number of aromatic nitrogens is 2. The fourth-order valence-electron chi connectivity index (χ4n) is 3.99. The van der Waals surface area contributed by atoms with Crippen LogP contribution < -0.4 is 10.2 Å². The Morgan fingerprint density at radius 1 is 0.848 bits per heavy atom. The Labute approximate surface area is 193 Å². The van der Waals surface area contributed by atoms with Gasteiger partial charge >= 0.3 is 0 Å². The van der Waals surface area contributed by atoms with Gasteiger partial charge in [-0.15, -0.1) is 0 Å². The van der Waals surface area contributed by atoms with E-state index in [2.05, 4.69) is 34.5 Å². The molecule has 1 fully saturated rings. The minimum atomic E-state index is -0.145. The van der Waals surface area contributed by atoms with Gasteiger partial charge in [-0.05, 0) is 29.8 Å². The first-order valence-corrected chi connectivity index (χ1v) is 11.2. The van der Waals surface area contributed by atoms with Gasteiger partial charge in [0.15, 0.2) is 0 Å². The molecule has 1 saturated heterocycles. The zero-order valence-corrected chi connectivity index (χ0v) is 18.4. The summed E-state index contributed by atoms with van der Waals surface area (Å²) >= 11 is 0. The first kappa shape index (κ1) is 21.0. The van der Waals surface area contributed by atoms with Gasteiger partial charge in [-0.3, -0.25) is 4.79 Å². The van der Waals surface area contributed by atoms with Crippen molar-refractivity contribution in [2.24, 2.45) is 0 Å². The molecule has 0 unspecified atom stereocenters. The van der Waals surface area contributed by atoms with Gasteiger partial charge in [-0.25, -0.2) is 4.68 Å². The van der Waals surface area contributed by atoms with Crippen LogP contribution in [0.2, 0.25) is 0 Å². The third kappa shape index (κ3) is 4.81. The van der Waals surface area contributed by atoms with Crippen LogP contribution in [0.4, 0.5) is 5.69 Å². The summed E-state index contributed by atoms with van der Waals surface area (Å²) < 4.78 is 7.19. The van der Waals surface area contributed by atoms with Gasteiger partial charge < -0.3 is 15.0 Å². The molecule has 1 N–H and O–H groups in total. The number of hydrogen-bond donors (Lipinski definition) is 1. The largest absolute Gasteiger partial charge is 0.378 e. The van der Waals surface area contributed by atoms with Crippen molar-refractivity contribution in [3.05, 3.63) is 102 Å². The number of anilines is 1. The average Bonchev–Trinajstić information content (AvgIpc) is 3.35. The average molecular weight is 439 g/mol. The van der Waals surface area contributed by atoms with E-state index in [0.29, 0.717) is 17.8 Å². The Hall–Kier alpha value is -3.90. The monoisotopic (exact) mass is 438 g/mol. The zero-order valence-electron chi connectivity index (χ0n) is 18.4. The number of benzene rings is 3. The standard InChI is InChI=1S/C27H26N4O2/c32-27(28-19-21-11-13-23(14-12-21)30-15-17-33-18-16-30)25-20-31(24-9-5-2-6-10-24)29-26(25)22-7-3-1-4-8-22/h1-14,20H,15-19H2,(H,28,32). The van der Waals surface area contributed by atoms with Gasteiger partial charge in [0.25, 0.3) is 5.91 Å². The molecule has 0 spiro atoms. The van der Waals surface area contributed by atoms with Crippen molar-refractivity contribution in [1.82, 2.24) is 15.1 Å². The highest BCUT2D eigenvalue weighted by atomic mass is 16.5. The minimum absolute atomic E-state index is 0.145. The third-order valence-electron chi connectivity index (χ3n) is 5.79. The van der Waals surface area contributed by atoms with Crippen LogP contribution >= 0.6 is 0 Å². The molecule has 166 valence electrons. The lowest BCUT2D eigenvalue weighted by Crippen LogP contribution is -2.36. The lowest BCUT2D eigenvalue weighted by molar-refractivity contribution is 0.0951. The summed E-state index contributed by atoms with van der Waals surface area (Å²) in [5.41, 5.74) is 5.27. The molecule has 2 heterocycles. The van der Waals surface area contributed by atoms with Crippen LogP contribution in [0.15, 0.2) is 91.1 Å². The van der Waals surface area contributed by atoms with E-state index in [1.54, 1.807) is 10.9 Å². The van der Waals surface area contributed by atoms with Gasteiger partial charge in [-0.2, -0.15) is 5.10 Å². The van der Waals surface area contributed by atoms with Crippen molar-refractivity contribution in [1.29, 1.82) is 0 Å². The van der Waals surface area contributed by atoms with E-state index in [9.17, 15) is 4.79 Å². The maximum absolute atomic E-state index is 13.2. The molecule has 0 bridgehead atoms. The quantitative estimate of drug-likeness (QED) is 0.488. The van der Waals surface area contributed by atoms with Crippen molar-refractivity contribution >= 4 is 11.6 Å². The Balaban J connectivity index is 1.34. The molecule has 1 aliphatic heterocycles. The lowest BCUT2D eigenvalue weighted by Gasteiger charge is -2.28. The number of amides is 1. The van der Waals surface area contributed by atoms with Crippen LogP contribution in [0.1, 0.15) is 15.9 Å². The summed E-state index contributed by atoms with van der Waals surface area (Å²) in [6, 6.07) is 28.0. The van der Waals surface area contributed by atoms with E-state index in [0.717, 1.165) is 43.1 Å². The predicted molar refractivity (Wildman–Crippen MR) is 130 cm³/mol. The minimum Gasteiger partial charge on any atom is -0.378 e. The molecule has 6 nitrogen and oxygen atoms in total. The van der Waals surface area contributed by atoms with Gasteiger partial charge in [0.2, 0.25) is 0 Å². The molecule has 4 aromatic rings. The summed E-state index contributed by atoms with van der Waals surface area (Å²) in [6.07, 6.45) is 1.80. The Kier molecular flexibility index (Phi) is 6.17. The number of ether oxygens (including phenoxy) is 1. The SMILES string of the molecule is O=C(NCc1ccc(N2CCOCC2)cc1)c1cn(-c2ccccc2)nc1-c1ccccc1. The number of carbonyl (C=O) groups excluding carboxylic acids is 1. The second kappa shape index (κ2) is 9.71. The summed E-state index contributed by atoms with van der Waals surface area (Å²) in [6.45, 7) is 3.79. The molecule has 1 amide bonds. The molecule has 0 saturated carbocycles. The fraction of sp³-hybridized carbons (Fsp3) is 0.185. The maximum Gasteiger partial charge on any atom is 0.255 e. The van der Waals surface area contributed by atoms with E-state index in [-0.39, 0.29) is 5.91 Å². The van der Waals surface area contributed by atoms with Gasteiger partial charge in [-0.1, -0.05) is 60.7 Å². The van der Waals surface area contributed by atoms with Crippen molar-refractivity contribution in [3.63, 3.8) is 0 Å². The number of morpholine rings is 1. The maximum atomic E-state index is 13.2. The number of carbonyl (C=O) groups is 1. The van der Waals surface area contributed by atoms with E-state index in [4.69, 9.17) is 9.84 Å². The van der Waals surface area contributed by atoms with Gasteiger partial charge in [0, 0.05) is 37.1 Å². The van der Waals surface area contributed by atoms with Gasteiger partial charge in [0.1, 0.15) is 5.69 Å². The Morgan fingerprint density at radius 3 is 2.21 bits per heavy atom. The fourth-order valence-corrected chi connectivity index (χ4v) is 3.99. The number of rotatable bonds is 6. The topological polar surface area (TPSA) is 59.4 Å². The van der Waals surface area contributed by atoms with Crippen LogP contribution in [-0.4, -0.2) is 42.0 Å². The van der Waals surface area contributed by atoms with Crippen LogP contribution in [0.3, 0.4) is 0 Å². The molecule has 6 heteroatoms. The third-order valence-corrected chi connectivity index (χ3v) is 5.79. The highest BCUT2D eigenvalue weighted by molar-refractivity contribution is 5.99. The van der Waals surface area contributed by atoms with E-state index in [1.807, 2.05) is 60.7 Å². The van der Waals surface area contributed by atoms with Crippen molar-refractivity contribution < 1.29 is 9.53 Å². The Morgan fingerprint density at radius 2 is 1.52 bits per heavy atom. The smallest absolute Gasteiger partial charge is 0.255 e. The summed E-state index contributed by atoms with van der Waals surface area (Å²) in [5, 5.41) is 7.79. The van der Waals surface area contributed by atoms with Crippen molar-refractivity contribution in [2.75, 3.05) is 31.2 Å². The second-order valence-corrected chi connectivity index (χ2v) is 7.99. The van der Waals surface area contributed by atoms with E-state index >= 15 is 0 Å². The molecule has 5 rings (SSSR count). The normalized spacial score (nSPS) is 13.6. The van der Waals surface area contributed by atoms with E-state index < -0.39 is 0 Å². The van der Waals surface area contributed by atoms with Crippen molar-refractivity contribution in [2.45, 2.75) is 6.54 Å². The number of hydrogen-bond acceptors (Lipinski definition) is 4. The van der Waals surface area contributed by atoms with Crippen LogP contribution in [-0.2, 0) is 11.3 Å². The van der Waals surface area contributed by atoms with Crippen LogP contribution in [0.5, 0.6) is 0 Å². The van der Waals surface area contributed by atoms with Crippen LogP contribution in [0.25, 0.3) is 16.9 Å². The Bertz CT molecular complexity index is 1200. The van der Waals surface area contributed by atoms with Gasteiger partial charge in [0.05, 0.1) is 24.5 Å². The molecular formula is C27H26N4O2. The summed E-state index contributed by atoms with van der Waals surface area (Å²) in [7, 11) is 0. The first-order valence-electron chi connectivity index (χ1n) is 11.2. The second-order valence-electron chi connectivity index (χ2n) is 7.99. The molecule has 3 aromatic carbocycles. The van der Waals surface area contributed by atoms with E-state index in [1.165, 1.54) is 5.69 Å². The molecule has 1 aliphatic rings. The highest BCUT2D eigenvalue weighted by Gasteiger charge is 2.18. The predicted octanol–water partition coefficient (Wildman–Crippen LogP) is 4.31. The molecule has 0 atom stereocenters. The molecular weight excluding hydrogens is 412 g/mol. The molecule has 1 aromatic heterocycles.